The van der Waals surface area contributed by atoms with Gasteiger partial charge in [-0.25, -0.2) is 0 Å². The molecule has 2 heterocycles. The van der Waals surface area contributed by atoms with E-state index in [1.165, 1.54) is 11.3 Å². The van der Waals surface area contributed by atoms with Crippen molar-refractivity contribution in [3.05, 3.63) is 103 Å². The van der Waals surface area contributed by atoms with E-state index in [1.54, 1.807) is 60.3 Å². The summed E-state index contributed by atoms with van der Waals surface area (Å²) in [5.41, 5.74) is 1.91. The number of halogens is 1. The fraction of sp³-hybridized carbons (Fsp3) is 0.192. The van der Waals surface area contributed by atoms with Crippen LogP contribution in [0.3, 0.4) is 0 Å². The third-order valence-corrected chi connectivity index (χ3v) is 7.05. The number of nitriles is 1. The minimum absolute atomic E-state index is 0.0857. The van der Waals surface area contributed by atoms with Gasteiger partial charge in [0.25, 0.3) is 5.91 Å². The molecule has 7 nitrogen and oxygen atoms in total. The second kappa shape index (κ2) is 10.8. The van der Waals surface area contributed by atoms with Crippen molar-refractivity contribution < 1.29 is 9.90 Å². The van der Waals surface area contributed by atoms with Crippen molar-refractivity contribution in [3.63, 3.8) is 0 Å². The number of hydrogen-bond donors (Lipinski definition) is 3. The van der Waals surface area contributed by atoms with Gasteiger partial charge in [0.15, 0.2) is 0 Å². The van der Waals surface area contributed by atoms with Crippen LogP contribution in [-0.2, 0) is 20.1 Å². The van der Waals surface area contributed by atoms with Crippen molar-refractivity contribution in [3.8, 4) is 6.07 Å². The molecule has 0 saturated carbocycles. The summed E-state index contributed by atoms with van der Waals surface area (Å²) in [5, 5.41) is 26.4. The van der Waals surface area contributed by atoms with Crippen LogP contribution in [0.1, 0.15) is 38.0 Å². The lowest BCUT2D eigenvalue weighted by Crippen LogP contribution is -2.29. The molecule has 4 rings (SSSR count). The molecular formula is C26H23ClN4O3S. The van der Waals surface area contributed by atoms with Crippen LogP contribution in [0.15, 0.2) is 65.6 Å². The molecule has 1 atom stereocenters. The third kappa shape index (κ3) is 5.78. The first-order valence-electron chi connectivity index (χ1n) is 10.9. The molecule has 0 fully saturated rings. The molecule has 0 radical (unpaired) electrons. The van der Waals surface area contributed by atoms with E-state index in [2.05, 4.69) is 16.7 Å². The average Bonchev–Trinajstić information content (AvgIpc) is 3.31. The highest BCUT2D eigenvalue weighted by Gasteiger charge is 2.17. The van der Waals surface area contributed by atoms with E-state index in [9.17, 15) is 14.7 Å². The average molecular weight is 507 g/mol. The van der Waals surface area contributed by atoms with Crippen LogP contribution in [-0.4, -0.2) is 22.1 Å². The van der Waals surface area contributed by atoms with Gasteiger partial charge in [0, 0.05) is 42.8 Å². The Bertz CT molecular complexity index is 1450. The normalized spacial score (nSPS) is 11.8. The summed E-state index contributed by atoms with van der Waals surface area (Å²) in [5.74, 6) is -0.432. The summed E-state index contributed by atoms with van der Waals surface area (Å²) in [4.78, 5) is 27.5. The minimum Gasteiger partial charge on any atom is -0.387 e. The third-order valence-electron chi connectivity index (χ3n) is 5.57. The monoisotopic (exact) mass is 506 g/mol. The van der Waals surface area contributed by atoms with Crippen LogP contribution in [0.25, 0.3) is 10.2 Å². The van der Waals surface area contributed by atoms with E-state index in [4.69, 9.17) is 16.9 Å². The number of aliphatic hydroxyl groups is 1. The van der Waals surface area contributed by atoms with Gasteiger partial charge in [-0.2, -0.15) is 5.26 Å². The molecule has 0 bridgehead atoms. The number of aryl methyl sites for hydroxylation is 1. The lowest BCUT2D eigenvalue weighted by atomic mass is 10.1. The topological polar surface area (TPSA) is 107 Å². The highest BCUT2D eigenvalue weighted by molar-refractivity contribution is 7.18. The molecule has 178 valence electrons. The summed E-state index contributed by atoms with van der Waals surface area (Å²) in [7, 11) is 1.81. The maximum atomic E-state index is 13.0. The van der Waals surface area contributed by atoms with Crippen molar-refractivity contribution in [1.82, 2.24) is 15.2 Å². The summed E-state index contributed by atoms with van der Waals surface area (Å²) in [6.45, 7) is 1.07. The zero-order valence-electron chi connectivity index (χ0n) is 18.9. The molecule has 0 saturated heterocycles. The van der Waals surface area contributed by atoms with E-state index < -0.39 is 12.0 Å². The van der Waals surface area contributed by atoms with Crippen molar-refractivity contribution in [1.29, 1.82) is 5.26 Å². The Hall–Kier alpha value is -3.48. The number of aliphatic hydroxyl groups excluding tert-OH is 1. The van der Waals surface area contributed by atoms with Gasteiger partial charge in [0.1, 0.15) is 10.4 Å². The second-order valence-electron chi connectivity index (χ2n) is 8.10. The number of fused-ring (bicyclic) bond motifs is 1. The summed E-state index contributed by atoms with van der Waals surface area (Å²) in [6, 6.07) is 17.8. The van der Waals surface area contributed by atoms with E-state index >= 15 is 0 Å². The molecule has 0 aliphatic heterocycles. The number of hydrogen-bond acceptors (Lipinski definition) is 6. The molecule has 0 aliphatic carbocycles. The molecule has 0 unspecified atom stereocenters. The molecule has 4 aromatic rings. The van der Waals surface area contributed by atoms with E-state index in [1.807, 2.05) is 12.1 Å². The molecule has 9 heteroatoms. The van der Waals surface area contributed by atoms with Crippen molar-refractivity contribution >= 4 is 39.1 Å². The van der Waals surface area contributed by atoms with Gasteiger partial charge in [0.05, 0.1) is 23.1 Å². The zero-order chi connectivity index (χ0) is 24.9. The van der Waals surface area contributed by atoms with Gasteiger partial charge < -0.3 is 20.3 Å². The first-order valence-corrected chi connectivity index (χ1v) is 12.1. The number of carbonyl (C=O) groups excluding carboxylic acids is 1. The first kappa shape index (κ1) is 24.6. The minimum atomic E-state index is -0.723. The Labute approximate surface area is 211 Å². The lowest BCUT2D eigenvalue weighted by molar-refractivity contribution is 0.0949. The van der Waals surface area contributed by atoms with Gasteiger partial charge in [-0.1, -0.05) is 35.9 Å². The van der Waals surface area contributed by atoms with E-state index in [-0.39, 0.29) is 17.5 Å². The smallest absolute Gasteiger partial charge is 0.257 e. The molecular weight excluding hydrogens is 484 g/mol. The van der Waals surface area contributed by atoms with Gasteiger partial charge in [-0.15, -0.1) is 11.3 Å². The van der Waals surface area contributed by atoms with Gasteiger partial charge >= 0.3 is 0 Å². The van der Waals surface area contributed by atoms with Crippen LogP contribution in [0, 0.1) is 11.3 Å². The lowest BCUT2D eigenvalue weighted by Gasteiger charge is -2.11. The fourth-order valence-electron chi connectivity index (χ4n) is 3.67. The van der Waals surface area contributed by atoms with Crippen LogP contribution in [0.5, 0.6) is 0 Å². The first-order chi connectivity index (χ1) is 16.9. The summed E-state index contributed by atoms with van der Waals surface area (Å²) in [6.07, 6.45) is 0.837. The largest absolute Gasteiger partial charge is 0.387 e. The Balaban J connectivity index is 1.42. The molecule has 3 N–H and O–H groups in total. The maximum absolute atomic E-state index is 13.0. The van der Waals surface area contributed by atoms with Crippen molar-refractivity contribution in [2.75, 3.05) is 6.54 Å². The van der Waals surface area contributed by atoms with Gasteiger partial charge in [0.2, 0.25) is 5.43 Å². The number of benzene rings is 2. The fourth-order valence-corrected chi connectivity index (χ4v) is 4.85. The van der Waals surface area contributed by atoms with E-state index in [0.717, 1.165) is 20.8 Å². The number of pyridine rings is 1. The predicted molar refractivity (Wildman–Crippen MR) is 138 cm³/mol. The quantitative estimate of drug-likeness (QED) is 0.336. The molecule has 2 aromatic heterocycles. The number of thiophene rings is 1. The summed E-state index contributed by atoms with van der Waals surface area (Å²) < 4.78 is 1.79. The number of rotatable bonds is 8. The number of carbonyl (C=O) groups is 1. The molecule has 1 amide bonds. The predicted octanol–water partition coefficient (Wildman–Crippen LogP) is 3.88. The van der Waals surface area contributed by atoms with Crippen LogP contribution >= 0.6 is 22.9 Å². The number of nitrogens with zero attached hydrogens (tertiary/aromatic N) is 2. The van der Waals surface area contributed by atoms with Gasteiger partial charge in [-0.05, 0) is 41.5 Å². The van der Waals surface area contributed by atoms with Crippen molar-refractivity contribution in [2.24, 2.45) is 7.05 Å². The van der Waals surface area contributed by atoms with Crippen molar-refractivity contribution in [2.45, 2.75) is 19.2 Å². The van der Waals surface area contributed by atoms with E-state index in [0.29, 0.717) is 29.1 Å². The summed E-state index contributed by atoms with van der Waals surface area (Å²) >= 11 is 7.36. The second-order valence-corrected chi connectivity index (χ2v) is 9.66. The van der Waals surface area contributed by atoms with Crippen LogP contribution < -0.4 is 16.1 Å². The van der Waals surface area contributed by atoms with Crippen LogP contribution in [0.2, 0.25) is 5.02 Å². The number of nitrogens with one attached hydrogen (secondary N) is 2. The Morgan fingerprint density at radius 1 is 1.17 bits per heavy atom. The standard InChI is InChI=1S/C26H23ClN4O3S/c1-31-15-22(25(34)30-12-17-4-8-19(27)9-5-17)24(33)21-10-20(35-26(21)31)13-29-14-23(32)18-6-2-16(11-28)3-7-18/h2-10,15,23,29,32H,12-14H2,1H3,(H,30,34)/t23-/m1/s1. The van der Waals surface area contributed by atoms with Crippen LogP contribution in [0.4, 0.5) is 0 Å². The van der Waals surface area contributed by atoms with Gasteiger partial charge in [-0.3, -0.25) is 9.59 Å². The highest BCUT2D eigenvalue weighted by atomic mass is 35.5. The zero-order valence-corrected chi connectivity index (χ0v) is 20.5. The SMILES string of the molecule is Cn1cc(C(=O)NCc2ccc(Cl)cc2)c(=O)c2cc(CNC[C@@H](O)c3ccc(C#N)cc3)sc21. The number of aromatic nitrogens is 1. The molecule has 35 heavy (non-hydrogen) atoms. The Morgan fingerprint density at radius 2 is 1.89 bits per heavy atom. The molecule has 2 aromatic carbocycles. The number of amides is 1. The molecule has 0 aliphatic rings. The molecule has 0 spiro atoms. The highest BCUT2D eigenvalue weighted by Crippen LogP contribution is 2.24. The Morgan fingerprint density at radius 3 is 2.57 bits per heavy atom. The maximum Gasteiger partial charge on any atom is 0.257 e. The Kier molecular flexibility index (Phi) is 7.63.